The second-order valence-electron chi connectivity index (χ2n) is 6.81. The summed E-state index contributed by atoms with van der Waals surface area (Å²) >= 11 is 5.89. The molecule has 1 aliphatic rings. The Morgan fingerprint density at radius 2 is 1.87 bits per heavy atom. The Balaban J connectivity index is 1.64. The summed E-state index contributed by atoms with van der Waals surface area (Å²) in [4.78, 5) is 38.1. The number of amides is 3. The van der Waals surface area contributed by atoms with Crippen LogP contribution in [-0.2, 0) is 27.4 Å². The highest BCUT2D eigenvalue weighted by atomic mass is 35.5. The molecule has 1 aliphatic heterocycles. The van der Waals surface area contributed by atoms with E-state index in [0.29, 0.717) is 10.6 Å². The predicted molar refractivity (Wildman–Crippen MR) is 112 cm³/mol. The van der Waals surface area contributed by atoms with Gasteiger partial charge in [-0.1, -0.05) is 41.9 Å². The van der Waals surface area contributed by atoms with Crippen LogP contribution in [0.5, 0.6) is 0 Å². The summed E-state index contributed by atoms with van der Waals surface area (Å²) in [6, 6.07) is 14.0. The molecular formula is C22H18ClN3O4. The zero-order valence-corrected chi connectivity index (χ0v) is 16.8. The zero-order valence-electron chi connectivity index (χ0n) is 16.1. The van der Waals surface area contributed by atoms with Gasteiger partial charge in [-0.05, 0) is 29.8 Å². The summed E-state index contributed by atoms with van der Waals surface area (Å²) in [5, 5.41) is 4.07. The van der Waals surface area contributed by atoms with Crippen LogP contribution in [0.4, 0.5) is 4.79 Å². The van der Waals surface area contributed by atoms with E-state index in [1.165, 1.54) is 7.11 Å². The molecule has 2 aromatic carbocycles. The highest BCUT2D eigenvalue weighted by Gasteiger charge is 2.33. The summed E-state index contributed by atoms with van der Waals surface area (Å²) in [5.74, 6) is -0.797. The number of hydrogen-bond acceptors (Lipinski definition) is 4. The number of methoxy groups -OCH3 is 1. The number of carbonyl (C=O) groups excluding carboxylic acids is 3. The summed E-state index contributed by atoms with van der Waals surface area (Å²) in [5.41, 5.74) is 2.50. The molecule has 1 saturated heterocycles. The van der Waals surface area contributed by atoms with Gasteiger partial charge in [0.2, 0.25) is 0 Å². The van der Waals surface area contributed by atoms with Gasteiger partial charge in [0.1, 0.15) is 12.2 Å². The molecule has 0 saturated carbocycles. The number of benzene rings is 2. The Labute approximate surface area is 177 Å². The number of ether oxygens (including phenoxy) is 1. The lowest BCUT2D eigenvalue weighted by molar-refractivity contribution is -0.141. The lowest BCUT2D eigenvalue weighted by Gasteiger charge is -2.11. The Morgan fingerprint density at radius 3 is 2.60 bits per heavy atom. The molecule has 1 aromatic heterocycles. The molecule has 3 aromatic rings. The van der Waals surface area contributed by atoms with Gasteiger partial charge in [-0.25, -0.2) is 4.79 Å². The number of nitrogens with zero attached hydrogens (tertiary/aromatic N) is 2. The van der Waals surface area contributed by atoms with Crippen LogP contribution in [0.15, 0.2) is 60.4 Å². The number of carbonyl (C=O) groups is 3. The number of rotatable bonds is 5. The Morgan fingerprint density at radius 1 is 1.13 bits per heavy atom. The molecule has 7 nitrogen and oxygen atoms in total. The fourth-order valence-electron chi connectivity index (χ4n) is 3.37. The van der Waals surface area contributed by atoms with E-state index in [1.54, 1.807) is 41.1 Å². The molecule has 30 heavy (non-hydrogen) atoms. The van der Waals surface area contributed by atoms with Gasteiger partial charge >= 0.3 is 12.0 Å². The quantitative estimate of drug-likeness (QED) is 0.386. The third-order valence-electron chi connectivity index (χ3n) is 4.86. The summed E-state index contributed by atoms with van der Waals surface area (Å²) in [7, 11) is 1.33. The van der Waals surface area contributed by atoms with Crippen molar-refractivity contribution in [3.8, 4) is 0 Å². The SMILES string of the molecule is COC(=O)Cn1cc(/C=C2\NC(=O)N(Cc3ccc(Cl)cc3)C2=O)c2ccccc21. The van der Waals surface area contributed by atoms with Crippen LogP contribution in [0.3, 0.4) is 0 Å². The second-order valence-corrected chi connectivity index (χ2v) is 7.25. The maximum absolute atomic E-state index is 12.8. The molecule has 152 valence electrons. The molecule has 0 aliphatic carbocycles. The number of para-hydroxylation sites is 1. The van der Waals surface area contributed by atoms with E-state index < -0.39 is 11.9 Å². The largest absolute Gasteiger partial charge is 0.468 e. The van der Waals surface area contributed by atoms with Crippen molar-refractivity contribution in [2.45, 2.75) is 13.1 Å². The average Bonchev–Trinajstić information content (AvgIpc) is 3.22. The molecule has 0 spiro atoms. The first kappa shape index (κ1) is 19.7. The first-order valence-electron chi connectivity index (χ1n) is 9.20. The lowest BCUT2D eigenvalue weighted by atomic mass is 10.1. The van der Waals surface area contributed by atoms with Gasteiger partial charge in [0.25, 0.3) is 5.91 Å². The number of halogens is 1. The first-order valence-corrected chi connectivity index (χ1v) is 9.58. The number of aromatic nitrogens is 1. The molecule has 0 atom stereocenters. The van der Waals surface area contributed by atoms with E-state index in [-0.39, 0.29) is 24.8 Å². The van der Waals surface area contributed by atoms with Crippen LogP contribution in [0, 0.1) is 0 Å². The highest BCUT2D eigenvalue weighted by Crippen LogP contribution is 2.25. The molecule has 2 heterocycles. The number of fused-ring (bicyclic) bond motifs is 1. The van der Waals surface area contributed by atoms with E-state index in [1.807, 2.05) is 24.3 Å². The number of urea groups is 1. The topological polar surface area (TPSA) is 80.6 Å². The maximum atomic E-state index is 12.8. The maximum Gasteiger partial charge on any atom is 0.329 e. The van der Waals surface area contributed by atoms with Gasteiger partial charge in [0.15, 0.2) is 0 Å². The van der Waals surface area contributed by atoms with Crippen molar-refractivity contribution in [1.82, 2.24) is 14.8 Å². The third kappa shape index (κ3) is 3.79. The van der Waals surface area contributed by atoms with Crippen molar-refractivity contribution >= 4 is 46.5 Å². The third-order valence-corrected chi connectivity index (χ3v) is 5.11. The van der Waals surface area contributed by atoms with Crippen molar-refractivity contribution in [2.24, 2.45) is 0 Å². The van der Waals surface area contributed by atoms with E-state index in [2.05, 4.69) is 5.32 Å². The van der Waals surface area contributed by atoms with Gasteiger partial charge in [-0.2, -0.15) is 0 Å². The molecule has 0 bridgehead atoms. The van der Waals surface area contributed by atoms with E-state index in [0.717, 1.165) is 21.4 Å². The number of imide groups is 1. The Bertz CT molecular complexity index is 1180. The van der Waals surface area contributed by atoms with Crippen LogP contribution < -0.4 is 5.32 Å². The summed E-state index contributed by atoms with van der Waals surface area (Å²) in [6.45, 7) is 0.187. The van der Waals surface area contributed by atoms with Gasteiger partial charge in [-0.15, -0.1) is 0 Å². The van der Waals surface area contributed by atoms with Crippen LogP contribution in [-0.4, -0.2) is 34.5 Å². The zero-order chi connectivity index (χ0) is 21.3. The normalized spacial score (nSPS) is 15.1. The number of esters is 1. The molecule has 0 radical (unpaired) electrons. The van der Waals surface area contributed by atoms with E-state index in [4.69, 9.17) is 16.3 Å². The van der Waals surface area contributed by atoms with Crippen LogP contribution in [0.1, 0.15) is 11.1 Å². The van der Waals surface area contributed by atoms with E-state index in [9.17, 15) is 14.4 Å². The lowest BCUT2D eigenvalue weighted by Crippen LogP contribution is -2.30. The molecule has 1 fully saturated rings. The fraction of sp³-hybridized carbons (Fsp3) is 0.136. The van der Waals surface area contributed by atoms with Gasteiger partial charge in [0.05, 0.1) is 13.7 Å². The summed E-state index contributed by atoms with van der Waals surface area (Å²) in [6.07, 6.45) is 3.38. The van der Waals surface area contributed by atoms with Crippen LogP contribution in [0.25, 0.3) is 17.0 Å². The first-order chi connectivity index (χ1) is 14.5. The minimum Gasteiger partial charge on any atom is -0.468 e. The molecule has 8 heteroatoms. The Kier molecular flexibility index (Phi) is 5.29. The average molecular weight is 424 g/mol. The number of nitrogens with one attached hydrogen (secondary N) is 1. The second kappa shape index (κ2) is 8.04. The Hall–Kier alpha value is -3.58. The number of hydrogen-bond donors (Lipinski definition) is 1. The smallest absolute Gasteiger partial charge is 0.329 e. The standard InChI is InChI=1S/C22H18ClN3O4/c1-30-20(27)13-25-12-15(17-4-2-3-5-19(17)25)10-18-21(28)26(22(29)24-18)11-14-6-8-16(23)9-7-14/h2-10,12H,11,13H2,1H3,(H,24,29)/b18-10-. The van der Waals surface area contributed by atoms with Gasteiger partial charge in [-0.3, -0.25) is 14.5 Å². The van der Waals surface area contributed by atoms with Gasteiger partial charge < -0.3 is 14.6 Å². The minimum atomic E-state index is -0.487. The van der Waals surface area contributed by atoms with Crippen LogP contribution in [0.2, 0.25) is 5.02 Å². The van der Waals surface area contributed by atoms with Crippen molar-refractivity contribution in [3.63, 3.8) is 0 Å². The molecule has 3 amide bonds. The van der Waals surface area contributed by atoms with Crippen molar-refractivity contribution in [2.75, 3.05) is 7.11 Å². The molecule has 0 unspecified atom stereocenters. The van der Waals surface area contributed by atoms with E-state index >= 15 is 0 Å². The molecule has 1 N–H and O–H groups in total. The minimum absolute atomic E-state index is 0.0448. The molecular weight excluding hydrogens is 406 g/mol. The predicted octanol–water partition coefficient (Wildman–Crippen LogP) is 3.56. The molecule has 4 rings (SSSR count). The summed E-state index contributed by atoms with van der Waals surface area (Å²) < 4.78 is 6.50. The van der Waals surface area contributed by atoms with Crippen molar-refractivity contribution in [3.05, 3.63) is 76.6 Å². The van der Waals surface area contributed by atoms with Crippen molar-refractivity contribution in [1.29, 1.82) is 0 Å². The van der Waals surface area contributed by atoms with Crippen LogP contribution >= 0.6 is 11.6 Å². The fourth-order valence-corrected chi connectivity index (χ4v) is 3.49. The highest BCUT2D eigenvalue weighted by molar-refractivity contribution is 6.30. The monoisotopic (exact) mass is 423 g/mol. The van der Waals surface area contributed by atoms with Gasteiger partial charge in [0, 0.05) is 27.7 Å². The van der Waals surface area contributed by atoms with Crippen molar-refractivity contribution < 1.29 is 19.1 Å².